The summed E-state index contributed by atoms with van der Waals surface area (Å²) in [6.07, 6.45) is 2.56. The molecular weight excluding hydrogens is 487 g/mol. The van der Waals surface area contributed by atoms with Crippen LogP contribution >= 0.6 is 24.0 Å². The van der Waals surface area contributed by atoms with E-state index >= 15 is 0 Å². The van der Waals surface area contributed by atoms with E-state index in [0.29, 0.717) is 12.6 Å². The lowest BCUT2D eigenvalue weighted by Crippen LogP contribution is -2.42. The molecule has 0 amide bonds. The molecule has 0 radical (unpaired) electrons. The lowest BCUT2D eigenvalue weighted by molar-refractivity contribution is 0.245. The number of imidazole rings is 1. The Bertz CT molecular complexity index is 962. The van der Waals surface area contributed by atoms with Gasteiger partial charge in [-0.05, 0) is 43.6 Å². The second kappa shape index (κ2) is 10.8. The minimum atomic E-state index is 0. The van der Waals surface area contributed by atoms with Crippen LogP contribution in [0.15, 0.2) is 59.6 Å². The molecule has 1 aliphatic rings. The standard InChI is InChI=1S/C23H30N6.HI/c1-24-23(26-17-22-27-19-12-6-7-13-20(19)28(22)2)25-16-21(29-14-8-9-15-29)18-10-4-3-5-11-18;/h3-7,10-13,21H,8-9,14-17H2,1-2H3,(H2,24,25,26);1H. The molecule has 7 heteroatoms. The van der Waals surface area contributed by atoms with Crippen LogP contribution in [0.1, 0.15) is 30.3 Å². The highest BCUT2D eigenvalue weighted by atomic mass is 127. The van der Waals surface area contributed by atoms with E-state index in [4.69, 9.17) is 4.98 Å². The molecule has 2 heterocycles. The topological polar surface area (TPSA) is 57.5 Å². The zero-order valence-corrected chi connectivity index (χ0v) is 20.0. The number of aryl methyl sites for hydroxylation is 1. The van der Waals surface area contributed by atoms with Gasteiger partial charge in [0.05, 0.1) is 23.6 Å². The molecule has 1 atom stereocenters. The molecule has 3 aromatic rings. The maximum atomic E-state index is 4.73. The number of rotatable bonds is 6. The van der Waals surface area contributed by atoms with Crippen LogP contribution in [0.25, 0.3) is 11.0 Å². The zero-order chi connectivity index (χ0) is 20.1. The van der Waals surface area contributed by atoms with Crippen molar-refractivity contribution in [2.75, 3.05) is 26.7 Å². The maximum Gasteiger partial charge on any atom is 0.191 e. The number of hydrogen-bond donors (Lipinski definition) is 2. The maximum absolute atomic E-state index is 4.73. The van der Waals surface area contributed by atoms with Gasteiger partial charge in [0.25, 0.3) is 0 Å². The van der Waals surface area contributed by atoms with Gasteiger partial charge in [0.2, 0.25) is 0 Å². The number of hydrogen-bond acceptors (Lipinski definition) is 3. The van der Waals surface area contributed by atoms with Crippen LogP contribution in [-0.4, -0.2) is 47.1 Å². The van der Waals surface area contributed by atoms with Gasteiger partial charge < -0.3 is 15.2 Å². The Morgan fingerprint density at radius 3 is 2.43 bits per heavy atom. The Kier molecular flexibility index (Phi) is 8.09. The lowest BCUT2D eigenvalue weighted by atomic mass is 10.1. The molecule has 30 heavy (non-hydrogen) atoms. The number of halogens is 1. The van der Waals surface area contributed by atoms with Crippen LogP contribution < -0.4 is 10.6 Å². The van der Waals surface area contributed by atoms with Crippen LogP contribution in [0.2, 0.25) is 0 Å². The molecule has 1 unspecified atom stereocenters. The molecule has 2 aromatic carbocycles. The largest absolute Gasteiger partial charge is 0.354 e. The second-order valence-electron chi connectivity index (χ2n) is 7.55. The van der Waals surface area contributed by atoms with Crippen LogP contribution in [-0.2, 0) is 13.6 Å². The van der Waals surface area contributed by atoms with Crippen LogP contribution in [0, 0.1) is 0 Å². The molecule has 0 saturated carbocycles. The van der Waals surface area contributed by atoms with E-state index in [1.54, 1.807) is 0 Å². The van der Waals surface area contributed by atoms with Gasteiger partial charge in [0.1, 0.15) is 5.82 Å². The zero-order valence-electron chi connectivity index (χ0n) is 17.7. The number of para-hydroxylation sites is 2. The molecule has 1 fully saturated rings. The van der Waals surface area contributed by atoms with Crippen molar-refractivity contribution >= 4 is 41.0 Å². The number of guanidine groups is 1. The third kappa shape index (κ3) is 5.13. The number of aromatic nitrogens is 2. The predicted octanol–water partition coefficient (Wildman–Crippen LogP) is 3.69. The minimum absolute atomic E-state index is 0. The summed E-state index contributed by atoms with van der Waals surface area (Å²) < 4.78 is 2.13. The first-order valence-corrected chi connectivity index (χ1v) is 10.4. The SMILES string of the molecule is CN=C(NCc1nc2ccccc2n1C)NCC(c1ccccc1)N1CCCC1.I. The molecular formula is C23H31IN6. The van der Waals surface area contributed by atoms with Gasteiger partial charge in [0.15, 0.2) is 5.96 Å². The summed E-state index contributed by atoms with van der Waals surface area (Å²) in [6.45, 7) is 3.77. The lowest BCUT2D eigenvalue weighted by Gasteiger charge is -2.29. The highest BCUT2D eigenvalue weighted by molar-refractivity contribution is 14.0. The Balaban J connectivity index is 0.00000256. The van der Waals surface area contributed by atoms with Gasteiger partial charge in [-0.15, -0.1) is 24.0 Å². The molecule has 0 aliphatic carbocycles. The van der Waals surface area contributed by atoms with E-state index in [9.17, 15) is 0 Å². The highest BCUT2D eigenvalue weighted by Crippen LogP contribution is 2.24. The fourth-order valence-electron chi connectivity index (χ4n) is 4.12. The monoisotopic (exact) mass is 518 g/mol. The first-order chi connectivity index (χ1) is 14.3. The number of nitrogens with one attached hydrogen (secondary N) is 2. The number of fused-ring (bicyclic) bond motifs is 1. The number of nitrogens with zero attached hydrogens (tertiary/aromatic N) is 4. The summed E-state index contributed by atoms with van der Waals surface area (Å²) in [5, 5.41) is 6.95. The van der Waals surface area contributed by atoms with E-state index in [1.807, 2.05) is 25.2 Å². The number of benzene rings is 2. The van der Waals surface area contributed by atoms with E-state index in [1.165, 1.54) is 18.4 Å². The van der Waals surface area contributed by atoms with Crippen molar-refractivity contribution in [1.29, 1.82) is 0 Å². The van der Waals surface area contributed by atoms with Crippen molar-refractivity contribution in [3.63, 3.8) is 0 Å². The smallest absolute Gasteiger partial charge is 0.191 e. The second-order valence-corrected chi connectivity index (χ2v) is 7.55. The molecule has 1 saturated heterocycles. The van der Waals surface area contributed by atoms with Crippen molar-refractivity contribution in [2.45, 2.75) is 25.4 Å². The van der Waals surface area contributed by atoms with Crippen molar-refractivity contribution < 1.29 is 0 Å². The molecule has 0 bridgehead atoms. The first kappa shape index (κ1) is 22.6. The Hall–Kier alpha value is -2.13. The highest BCUT2D eigenvalue weighted by Gasteiger charge is 2.23. The quantitative estimate of drug-likeness (QED) is 0.297. The first-order valence-electron chi connectivity index (χ1n) is 10.4. The summed E-state index contributed by atoms with van der Waals surface area (Å²) in [6, 6.07) is 19.3. The summed E-state index contributed by atoms with van der Waals surface area (Å²) in [5.41, 5.74) is 3.52. The number of aliphatic imine (C=N–C) groups is 1. The van der Waals surface area contributed by atoms with E-state index in [0.717, 1.165) is 42.5 Å². The summed E-state index contributed by atoms with van der Waals surface area (Å²) in [5.74, 6) is 1.80. The fraction of sp³-hybridized carbons (Fsp3) is 0.391. The number of likely N-dealkylation sites (tertiary alicyclic amines) is 1. The van der Waals surface area contributed by atoms with Gasteiger partial charge in [-0.25, -0.2) is 4.98 Å². The van der Waals surface area contributed by atoms with E-state index in [2.05, 4.69) is 68.5 Å². The van der Waals surface area contributed by atoms with E-state index < -0.39 is 0 Å². The predicted molar refractivity (Wildman–Crippen MR) is 134 cm³/mol. The Morgan fingerprint density at radius 2 is 1.73 bits per heavy atom. The van der Waals surface area contributed by atoms with Gasteiger partial charge in [0, 0.05) is 20.6 Å². The average molecular weight is 518 g/mol. The normalized spacial score (nSPS) is 15.7. The third-order valence-electron chi connectivity index (χ3n) is 5.75. The van der Waals surface area contributed by atoms with E-state index in [-0.39, 0.29) is 24.0 Å². The van der Waals surface area contributed by atoms with Gasteiger partial charge in [-0.2, -0.15) is 0 Å². The Labute approximate surface area is 195 Å². The molecule has 160 valence electrons. The average Bonchev–Trinajstić information content (AvgIpc) is 3.40. The molecule has 1 aromatic heterocycles. The summed E-state index contributed by atoms with van der Waals surface area (Å²) in [7, 11) is 3.87. The molecule has 2 N–H and O–H groups in total. The van der Waals surface area contributed by atoms with Crippen molar-refractivity contribution in [3.05, 3.63) is 66.0 Å². The molecule has 0 spiro atoms. The van der Waals surface area contributed by atoms with Crippen molar-refractivity contribution in [3.8, 4) is 0 Å². The van der Waals surface area contributed by atoms with Crippen molar-refractivity contribution in [2.24, 2.45) is 12.0 Å². The fourth-order valence-corrected chi connectivity index (χ4v) is 4.12. The molecule has 1 aliphatic heterocycles. The van der Waals surface area contributed by atoms with Crippen LogP contribution in [0.5, 0.6) is 0 Å². The third-order valence-corrected chi connectivity index (χ3v) is 5.75. The summed E-state index contributed by atoms with van der Waals surface area (Å²) >= 11 is 0. The van der Waals surface area contributed by atoms with Gasteiger partial charge in [-0.3, -0.25) is 9.89 Å². The summed E-state index contributed by atoms with van der Waals surface area (Å²) in [4.78, 5) is 11.7. The van der Waals surface area contributed by atoms with Crippen LogP contribution in [0.4, 0.5) is 0 Å². The molecule has 4 rings (SSSR count). The van der Waals surface area contributed by atoms with Crippen molar-refractivity contribution in [1.82, 2.24) is 25.1 Å². The van der Waals surface area contributed by atoms with Gasteiger partial charge in [-0.1, -0.05) is 42.5 Å². The van der Waals surface area contributed by atoms with Crippen LogP contribution in [0.3, 0.4) is 0 Å². The molecule has 6 nitrogen and oxygen atoms in total. The Morgan fingerprint density at radius 1 is 1.03 bits per heavy atom. The minimum Gasteiger partial charge on any atom is -0.354 e. The van der Waals surface area contributed by atoms with Gasteiger partial charge >= 0.3 is 0 Å².